The average molecular weight is 475 g/mol. The van der Waals surface area contributed by atoms with E-state index in [1.165, 1.54) is 6.20 Å². The van der Waals surface area contributed by atoms with Crippen LogP contribution in [0, 0.1) is 0 Å². The number of hydrogen-bond acceptors (Lipinski definition) is 6. The highest BCUT2D eigenvalue weighted by molar-refractivity contribution is 6.41. The first-order valence-corrected chi connectivity index (χ1v) is 11.5. The fraction of sp³-hybridized carbons (Fsp3) is 0.107. The van der Waals surface area contributed by atoms with Crippen molar-refractivity contribution in [2.45, 2.75) is 19.5 Å². The number of benzene rings is 3. The zero-order valence-electron chi connectivity index (χ0n) is 19.7. The number of amides is 1. The van der Waals surface area contributed by atoms with Crippen molar-refractivity contribution in [3.05, 3.63) is 114 Å². The van der Waals surface area contributed by atoms with Gasteiger partial charge in [-0.05, 0) is 40.5 Å². The number of hydrogen-bond donors (Lipinski definition) is 4. The molecule has 1 heterocycles. The minimum atomic E-state index is -0.0161. The molecule has 0 aliphatic carbocycles. The summed E-state index contributed by atoms with van der Waals surface area (Å²) in [5, 5.41) is 16.5. The van der Waals surface area contributed by atoms with E-state index < -0.39 is 0 Å². The van der Waals surface area contributed by atoms with Gasteiger partial charge in [0, 0.05) is 24.7 Å². The second-order valence-electron chi connectivity index (χ2n) is 8.21. The summed E-state index contributed by atoms with van der Waals surface area (Å²) in [6, 6.07) is 26.3. The summed E-state index contributed by atoms with van der Waals surface area (Å²) in [5.74, 6) is 0.898. The molecular formula is C28H26BN5O2. The highest BCUT2D eigenvalue weighted by Crippen LogP contribution is 2.29. The molecule has 1 amide bonds. The van der Waals surface area contributed by atoms with Crippen LogP contribution in [-0.4, -0.2) is 28.8 Å². The topological polar surface area (TPSA) is 113 Å². The van der Waals surface area contributed by atoms with Crippen molar-refractivity contribution in [3.8, 4) is 17.0 Å². The fourth-order valence-corrected chi connectivity index (χ4v) is 3.58. The molecule has 4 rings (SSSR count). The number of anilines is 1. The lowest BCUT2D eigenvalue weighted by molar-refractivity contribution is -0.120. The quantitative estimate of drug-likeness (QED) is 0.275. The van der Waals surface area contributed by atoms with Crippen LogP contribution in [0.5, 0.6) is 5.75 Å². The monoisotopic (exact) mass is 475 g/mol. The summed E-state index contributed by atoms with van der Waals surface area (Å²) in [4.78, 5) is 21.1. The number of carbonyl (C=O) groups excluding carboxylic acids is 1. The van der Waals surface area contributed by atoms with Gasteiger partial charge in [0.1, 0.15) is 25.2 Å². The predicted molar refractivity (Wildman–Crippen MR) is 143 cm³/mol. The molecule has 178 valence electrons. The molecule has 5 N–H and O–H groups in total. The molecule has 7 nitrogen and oxygen atoms in total. The normalized spacial score (nSPS) is 11.2. The molecule has 1 aromatic heterocycles. The standard InChI is InChI=1S/C28H26BN5O2/c29-23(16-30)28-33-24(22-8-4-5-9-25(22)35)15-26(34-28)31-17-20-10-12-21(13-11-20)18-32-27(36)14-19-6-2-1-3-7-19/h1-13,15-16,35H,14,17-18,30H2,(H,32,36)(H,31,33,34). The molecule has 0 atom stereocenters. The van der Waals surface area contributed by atoms with Crippen molar-refractivity contribution >= 4 is 25.0 Å². The second kappa shape index (κ2) is 11.7. The number of nitrogens with one attached hydrogen (secondary N) is 2. The van der Waals surface area contributed by atoms with Crippen LogP contribution >= 0.6 is 0 Å². The van der Waals surface area contributed by atoms with Crippen LogP contribution in [0.15, 0.2) is 91.1 Å². The fourth-order valence-electron chi connectivity index (χ4n) is 3.58. The van der Waals surface area contributed by atoms with Crippen LogP contribution in [0.2, 0.25) is 0 Å². The summed E-state index contributed by atoms with van der Waals surface area (Å²) in [6.45, 7) is 0.965. The molecule has 0 saturated heterocycles. The van der Waals surface area contributed by atoms with Crippen molar-refractivity contribution in [1.29, 1.82) is 0 Å². The average Bonchev–Trinajstić information content (AvgIpc) is 2.91. The summed E-state index contributed by atoms with van der Waals surface area (Å²) in [7, 11) is 5.96. The summed E-state index contributed by atoms with van der Waals surface area (Å²) >= 11 is 0. The van der Waals surface area contributed by atoms with Gasteiger partial charge in [-0.25, -0.2) is 9.97 Å². The van der Waals surface area contributed by atoms with Crippen LogP contribution in [0.1, 0.15) is 22.5 Å². The van der Waals surface area contributed by atoms with E-state index in [0.717, 1.165) is 16.7 Å². The van der Waals surface area contributed by atoms with Crippen molar-refractivity contribution in [2.75, 3.05) is 5.32 Å². The van der Waals surface area contributed by atoms with Gasteiger partial charge in [-0.2, -0.15) is 0 Å². The van der Waals surface area contributed by atoms with Crippen LogP contribution in [0.4, 0.5) is 5.82 Å². The third-order valence-corrected chi connectivity index (χ3v) is 5.54. The third-order valence-electron chi connectivity index (χ3n) is 5.54. The Morgan fingerprint density at radius 2 is 1.56 bits per heavy atom. The van der Waals surface area contributed by atoms with Crippen molar-refractivity contribution in [2.24, 2.45) is 5.73 Å². The van der Waals surface area contributed by atoms with Gasteiger partial charge >= 0.3 is 0 Å². The van der Waals surface area contributed by atoms with Gasteiger partial charge in [0.05, 0.1) is 12.1 Å². The zero-order valence-corrected chi connectivity index (χ0v) is 19.7. The molecular weight excluding hydrogens is 449 g/mol. The van der Waals surface area contributed by atoms with Crippen LogP contribution in [-0.2, 0) is 24.3 Å². The molecule has 0 spiro atoms. The molecule has 4 aromatic rings. The first kappa shape index (κ1) is 24.5. The predicted octanol–water partition coefficient (Wildman–Crippen LogP) is 3.75. The Morgan fingerprint density at radius 1 is 0.889 bits per heavy atom. The number of phenolic OH excluding ortho intramolecular Hbond substituents is 1. The number of nitrogens with two attached hydrogens (primary N) is 1. The molecule has 8 heteroatoms. The minimum Gasteiger partial charge on any atom is -0.507 e. The van der Waals surface area contributed by atoms with E-state index in [0.29, 0.717) is 36.6 Å². The van der Waals surface area contributed by atoms with Crippen molar-refractivity contribution < 1.29 is 9.90 Å². The molecule has 3 aromatic carbocycles. The van der Waals surface area contributed by atoms with Crippen molar-refractivity contribution in [3.63, 3.8) is 0 Å². The number of carbonyl (C=O) groups is 1. The van der Waals surface area contributed by atoms with Crippen LogP contribution in [0.3, 0.4) is 0 Å². The maximum Gasteiger partial charge on any atom is 0.224 e. The van der Waals surface area contributed by atoms with Crippen LogP contribution in [0.25, 0.3) is 16.7 Å². The molecule has 0 aliphatic rings. The van der Waals surface area contributed by atoms with Crippen molar-refractivity contribution in [1.82, 2.24) is 15.3 Å². The molecule has 2 radical (unpaired) electrons. The third kappa shape index (κ3) is 6.51. The molecule has 0 aliphatic heterocycles. The second-order valence-corrected chi connectivity index (χ2v) is 8.21. The van der Waals surface area contributed by atoms with E-state index in [9.17, 15) is 9.90 Å². The lowest BCUT2D eigenvalue weighted by Crippen LogP contribution is -2.24. The summed E-state index contributed by atoms with van der Waals surface area (Å²) < 4.78 is 0. The Labute approximate surface area is 211 Å². The summed E-state index contributed by atoms with van der Waals surface area (Å²) in [6.07, 6.45) is 1.60. The SMILES string of the molecule is [B]C(=CN)c1nc(NCc2ccc(CNC(=O)Cc3ccccc3)cc2)cc(-c2ccccc2O)n1. The van der Waals surface area contributed by atoms with Gasteiger partial charge in [0.25, 0.3) is 0 Å². The van der Waals surface area contributed by atoms with Gasteiger partial charge in [-0.1, -0.05) is 66.7 Å². The van der Waals surface area contributed by atoms with E-state index in [1.807, 2.05) is 60.7 Å². The van der Waals surface area contributed by atoms with E-state index in [2.05, 4.69) is 20.6 Å². The first-order valence-electron chi connectivity index (χ1n) is 11.5. The minimum absolute atomic E-state index is 0.0161. The molecule has 0 fully saturated rings. The smallest absolute Gasteiger partial charge is 0.224 e. The molecule has 0 unspecified atom stereocenters. The van der Waals surface area contributed by atoms with Gasteiger partial charge < -0.3 is 21.5 Å². The highest BCUT2D eigenvalue weighted by Gasteiger charge is 2.11. The molecule has 0 bridgehead atoms. The van der Waals surface area contributed by atoms with E-state index in [1.54, 1.807) is 24.3 Å². The summed E-state index contributed by atoms with van der Waals surface area (Å²) in [5.41, 5.74) is 9.90. The number of aromatic hydroxyl groups is 1. The Kier molecular flexibility index (Phi) is 7.98. The van der Waals surface area contributed by atoms with E-state index in [4.69, 9.17) is 13.6 Å². The lowest BCUT2D eigenvalue weighted by Gasteiger charge is -2.12. The Hall–Kier alpha value is -4.59. The first-order chi connectivity index (χ1) is 17.5. The van der Waals surface area contributed by atoms with Gasteiger partial charge in [0.15, 0.2) is 0 Å². The number of para-hydroxylation sites is 1. The van der Waals surface area contributed by atoms with E-state index >= 15 is 0 Å². The number of aromatic nitrogens is 2. The van der Waals surface area contributed by atoms with Gasteiger partial charge in [-0.3, -0.25) is 4.79 Å². The maximum absolute atomic E-state index is 12.2. The maximum atomic E-state index is 12.2. The van der Waals surface area contributed by atoms with Gasteiger partial charge in [-0.15, -0.1) is 0 Å². The van der Waals surface area contributed by atoms with Gasteiger partial charge in [0.2, 0.25) is 5.91 Å². The van der Waals surface area contributed by atoms with Crippen LogP contribution < -0.4 is 16.4 Å². The number of rotatable bonds is 9. The number of phenols is 1. The highest BCUT2D eigenvalue weighted by atomic mass is 16.3. The molecule has 36 heavy (non-hydrogen) atoms. The number of nitrogens with zero attached hydrogens (tertiary/aromatic N) is 2. The largest absolute Gasteiger partial charge is 0.507 e. The lowest BCUT2D eigenvalue weighted by atomic mass is 9.96. The Morgan fingerprint density at radius 3 is 2.25 bits per heavy atom. The Bertz CT molecular complexity index is 1360. The molecule has 0 saturated carbocycles. The van der Waals surface area contributed by atoms with E-state index in [-0.39, 0.29) is 23.0 Å². The Balaban J connectivity index is 1.39. The zero-order chi connectivity index (χ0) is 25.3.